The van der Waals surface area contributed by atoms with Crippen molar-refractivity contribution in [2.45, 2.75) is 20.1 Å². The quantitative estimate of drug-likeness (QED) is 0.215. The molecule has 0 saturated carbocycles. The first-order valence-corrected chi connectivity index (χ1v) is 11.2. The highest BCUT2D eigenvalue weighted by Gasteiger charge is 2.14. The lowest BCUT2D eigenvalue weighted by atomic mass is 10.1. The van der Waals surface area contributed by atoms with Gasteiger partial charge in [-0.2, -0.15) is 0 Å². The Labute approximate surface area is 204 Å². The number of oxazole rings is 1. The van der Waals surface area contributed by atoms with Gasteiger partial charge in [0, 0.05) is 15.6 Å². The van der Waals surface area contributed by atoms with Crippen molar-refractivity contribution in [1.82, 2.24) is 4.98 Å². The van der Waals surface area contributed by atoms with E-state index in [1.807, 2.05) is 61.5 Å². The molecule has 0 bridgehead atoms. The fourth-order valence-electron chi connectivity index (χ4n) is 3.12. The summed E-state index contributed by atoms with van der Waals surface area (Å²) >= 11 is 3.32. The lowest BCUT2D eigenvalue weighted by Crippen LogP contribution is -2.15. The molecule has 0 aliphatic rings. The summed E-state index contributed by atoms with van der Waals surface area (Å²) in [4.78, 5) is 21.4. The summed E-state index contributed by atoms with van der Waals surface area (Å²) in [6.45, 7) is 2.25. The van der Waals surface area contributed by atoms with Crippen molar-refractivity contribution in [2.24, 2.45) is 5.16 Å². The summed E-state index contributed by atoms with van der Waals surface area (Å²) in [6.07, 6.45) is 0. The molecule has 4 aromatic rings. The van der Waals surface area contributed by atoms with Crippen molar-refractivity contribution >= 4 is 27.6 Å². The van der Waals surface area contributed by atoms with Gasteiger partial charge in [0.25, 0.3) is 0 Å². The Morgan fingerprint density at radius 2 is 1.79 bits per heavy atom. The number of ether oxygens (including phenoxy) is 1. The van der Waals surface area contributed by atoms with Gasteiger partial charge in [0.05, 0.1) is 0 Å². The first kappa shape index (κ1) is 23.3. The summed E-state index contributed by atoms with van der Waals surface area (Å²) in [7, 11) is 0. The maximum atomic E-state index is 11.5. The van der Waals surface area contributed by atoms with Crippen LogP contribution in [0.15, 0.2) is 92.9 Å². The third kappa shape index (κ3) is 5.90. The molecule has 0 spiro atoms. The number of hydrogen-bond acceptors (Lipinski definition) is 6. The zero-order chi connectivity index (χ0) is 23.9. The third-order valence-electron chi connectivity index (χ3n) is 4.90. The van der Waals surface area contributed by atoms with E-state index in [4.69, 9.17) is 14.0 Å². The molecule has 0 amide bonds. The standard InChI is InChI=1S/C26H21BrN2O5/c1-17-23(28-25(34-17)19-6-3-2-4-7-19)16-32-22-12-10-18(11-13-22)15-33-29-24(26(30)31)20-8-5-9-21(27)14-20/h2-14H,15-16H2,1H3,(H,30,31). The van der Waals surface area contributed by atoms with Gasteiger partial charge in [-0.3, -0.25) is 0 Å². The van der Waals surface area contributed by atoms with Crippen LogP contribution >= 0.6 is 15.9 Å². The molecule has 0 radical (unpaired) electrons. The minimum absolute atomic E-state index is 0.119. The Balaban J connectivity index is 1.34. The number of oxime groups is 1. The Hall–Kier alpha value is -3.91. The van der Waals surface area contributed by atoms with E-state index in [0.29, 0.717) is 23.0 Å². The highest BCUT2D eigenvalue weighted by molar-refractivity contribution is 9.10. The van der Waals surface area contributed by atoms with E-state index >= 15 is 0 Å². The molecule has 7 nitrogen and oxygen atoms in total. The number of aliphatic carboxylic acids is 1. The summed E-state index contributed by atoms with van der Waals surface area (Å²) in [5.74, 6) is 0.770. The van der Waals surface area contributed by atoms with Crippen molar-refractivity contribution in [3.63, 3.8) is 0 Å². The molecule has 0 fully saturated rings. The Bertz CT molecular complexity index is 1300. The zero-order valence-electron chi connectivity index (χ0n) is 18.3. The van der Waals surface area contributed by atoms with E-state index in [1.165, 1.54) is 0 Å². The van der Waals surface area contributed by atoms with Gasteiger partial charge in [-0.05, 0) is 48.9 Å². The van der Waals surface area contributed by atoms with Gasteiger partial charge >= 0.3 is 5.97 Å². The smallest absolute Gasteiger partial charge is 0.358 e. The molecule has 172 valence electrons. The van der Waals surface area contributed by atoms with E-state index in [-0.39, 0.29) is 18.9 Å². The van der Waals surface area contributed by atoms with Crippen LogP contribution in [-0.2, 0) is 22.8 Å². The second-order valence-corrected chi connectivity index (χ2v) is 8.27. The van der Waals surface area contributed by atoms with Crippen LogP contribution in [0.4, 0.5) is 0 Å². The highest BCUT2D eigenvalue weighted by atomic mass is 79.9. The van der Waals surface area contributed by atoms with E-state index in [9.17, 15) is 9.90 Å². The molecular formula is C26H21BrN2O5. The largest absolute Gasteiger partial charge is 0.487 e. The lowest BCUT2D eigenvalue weighted by Gasteiger charge is -2.07. The van der Waals surface area contributed by atoms with Crippen LogP contribution in [0.5, 0.6) is 5.75 Å². The summed E-state index contributed by atoms with van der Waals surface area (Å²) < 4.78 is 12.4. The van der Waals surface area contributed by atoms with Crippen LogP contribution in [0.3, 0.4) is 0 Å². The van der Waals surface area contributed by atoms with Crippen molar-refractivity contribution in [2.75, 3.05) is 0 Å². The minimum Gasteiger partial charge on any atom is -0.487 e. The number of nitrogens with zero attached hydrogens (tertiary/aromatic N) is 2. The number of hydrogen-bond donors (Lipinski definition) is 1. The number of aromatic nitrogens is 1. The molecule has 8 heteroatoms. The van der Waals surface area contributed by atoms with E-state index in [0.717, 1.165) is 21.3 Å². The van der Waals surface area contributed by atoms with Crippen molar-refractivity contribution in [3.8, 4) is 17.2 Å². The Kier molecular flexibility index (Phi) is 7.39. The summed E-state index contributed by atoms with van der Waals surface area (Å²) in [6, 6.07) is 23.8. The number of rotatable bonds is 9. The second kappa shape index (κ2) is 10.8. The number of carboxylic acid groups (broad SMARTS) is 1. The highest BCUT2D eigenvalue weighted by Crippen LogP contribution is 2.23. The van der Waals surface area contributed by atoms with Gasteiger partial charge in [0.15, 0.2) is 5.71 Å². The monoisotopic (exact) mass is 520 g/mol. The third-order valence-corrected chi connectivity index (χ3v) is 5.39. The predicted molar refractivity (Wildman–Crippen MR) is 131 cm³/mol. The average molecular weight is 521 g/mol. The maximum Gasteiger partial charge on any atom is 0.358 e. The Morgan fingerprint density at radius 1 is 1.03 bits per heavy atom. The fourth-order valence-corrected chi connectivity index (χ4v) is 3.52. The molecule has 0 aliphatic heterocycles. The molecule has 3 aromatic carbocycles. The lowest BCUT2D eigenvalue weighted by molar-refractivity contribution is -0.129. The van der Waals surface area contributed by atoms with E-state index in [1.54, 1.807) is 24.3 Å². The van der Waals surface area contributed by atoms with Crippen molar-refractivity contribution in [3.05, 3.63) is 106 Å². The number of carboxylic acids is 1. The van der Waals surface area contributed by atoms with Gasteiger partial charge in [-0.25, -0.2) is 9.78 Å². The fraction of sp³-hybridized carbons (Fsp3) is 0.115. The first-order valence-electron chi connectivity index (χ1n) is 10.4. The number of carbonyl (C=O) groups is 1. The molecule has 1 aromatic heterocycles. The molecule has 0 saturated heterocycles. The van der Waals surface area contributed by atoms with Crippen molar-refractivity contribution < 1.29 is 23.9 Å². The number of benzene rings is 3. The van der Waals surface area contributed by atoms with Gasteiger partial charge in [-0.15, -0.1) is 0 Å². The molecular weight excluding hydrogens is 500 g/mol. The molecule has 0 atom stereocenters. The topological polar surface area (TPSA) is 94.2 Å². The van der Waals surface area contributed by atoms with E-state index in [2.05, 4.69) is 26.1 Å². The predicted octanol–water partition coefficient (Wildman–Crippen LogP) is 6.00. The molecule has 34 heavy (non-hydrogen) atoms. The molecule has 1 heterocycles. The van der Waals surface area contributed by atoms with E-state index < -0.39 is 5.97 Å². The van der Waals surface area contributed by atoms with Crippen LogP contribution in [0.2, 0.25) is 0 Å². The van der Waals surface area contributed by atoms with Crippen LogP contribution < -0.4 is 4.74 Å². The minimum atomic E-state index is -1.17. The first-order chi connectivity index (χ1) is 16.5. The zero-order valence-corrected chi connectivity index (χ0v) is 19.9. The van der Waals surface area contributed by atoms with Gasteiger partial charge < -0.3 is 19.1 Å². The average Bonchev–Trinajstić information content (AvgIpc) is 3.22. The van der Waals surface area contributed by atoms with Gasteiger partial charge in [0.1, 0.15) is 30.4 Å². The summed E-state index contributed by atoms with van der Waals surface area (Å²) in [5.41, 5.74) is 2.74. The SMILES string of the molecule is Cc1oc(-c2ccccc2)nc1COc1ccc(CON=C(C(=O)O)c2cccc(Br)c2)cc1. The van der Waals surface area contributed by atoms with Gasteiger partial charge in [0.2, 0.25) is 5.89 Å². The van der Waals surface area contributed by atoms with Crippen LogP contribution in [-0.4, -0.2) is 21.8 Å². The molecule has 0 aliphatic carbocycles. The molecule has 4 rings (SSSR count). The normalized spacial score (nSPS) is 11.3. The van der Waals surface area contributed by atoms with Crippen LogP contribution in [0.1, 0.15) is 22.6 Å². The maximum absolute atomic E-state index is 11.5. The van der Waals surface area contributed by atoms with Crippen LogP contribution in [0, 0.1) is 6.92 Å². The Morgan fingerprint density at radius 3 is 2.50 bits per heavy atom. The van der Waals surface area contributed by atoms with Crippen molar-refractivity contribution in [1.29, 1.82) is 0 Å². The molecule has 1 N–H and O–H groups in total. The molecule has 0 unspecified atom stereocenters. The summed E-state index contributed by atoms with van der Waals surface area (Å²) in [5, 5.41) is 13.2. The number of halogens is 1. The number of aryl methyl sites for hydroxylation is 1. The van der Waals surface area contributed by atoms with Gasteiger partial charge in [-0.1, -0.05) is 63.6 Å². The van der Waals surface area contributed by atoms with Crippen LogP contribution in [0.25, 0.3) is 11.5 Å². The second-order valence-electron chi connectivity index (χ2n) is 7.35.